The molecule has 0 saturated carbocycles. The molecule has 2 heterocycles. The third-order valence-corrected chi connectivity index (χ3v) is 3.42. The van der Waals surface area contributed by atoms with Gasteiger partial charge in [-0.1, -0.05) is 0 Å². The Hall–Kier alpha value is -1.47. The molecule has 3 amide bonds. The number of amides is 3. The molecule has 0 aromatic heterocycles. The summed E-state index contributed by atoms with van der Waals surface area (Å²) in [7, 11) is 0. The topological polar surface area (TPSA) is 79.0 Å². The van der Waals surface area contributed by atoms with Crippen LogP contribution >= 0.6 is 0 Å². The molecule has 0 radical (unpaired) electrons. The quantitative estimate of drug-likeness (QED) is 0.623. The van der Waals surface area contributed by atoms with Gasteiger partial charge in [0, 0.05) is 13.1 Å². The van der Waals surface area contributed by atoms with Gasteiger partial charge in [-0.15, -0.1) is 0 Å². The van der Waals surface area contributed by atoms with Crippen molar-refractivity contribution in [1.82, 2.24) is 15.1 Å². The molecule has 0 atom stereocenters. The van der Waals surface area contributed by atoms with Crippen molar-refractivity contribution in [2.75, 3.05) is 39.4 Å². The second-order valence-corrected chi connectivity index (χ2v) is 5.26. The number of hydrogen-bond acceptors (Lipinski definition) is 5. The fourth-order valence-electron chi connectivity index (χ4n) is 2.13. The molecular formula is C12H19N3O4. The van der Waals surface area contributed by atoms with E-state index in [2.05, 4.69) is 5.32 Å². The number of ether oxygens (including phenoxy) is 1. The number of piperazine rings is 1. The zero-order valence-electron chi connectivity index (χ0n) is 11.3. The molecular weight excluding hydrogens is 250 g/mol. The van der Waals surface area contributed by atoms with Gasteiger partial charge in [0.1, 0.15) is 6.54 Å². The average molecular weight is 269 g/mol. The van der Waals surface area contributed by atoms with Crippen molar-refractivity contribution >= 4 is 17.7 Å². The summed E-state index contributed by atoms with van der Waals surface area (Å²) in [5.41, 5.74) is -0.806. The predicted molar refractivity (Wildman–Crippen MR) is 66.2 cm³/mol. The Morgan fingerprint density at radius 3 is 2.58 bits per heavy atom. The summed E-state index contributed by atoms with van der Waals surface area (Å²) in [6, 6.07) is 0. The van der Waals surface area contributed by atoms with Crippen LogP contribution in [-0.4, -0.2) is 72.5 Å². The van der Waals surface area contributed by atoms with Crippen molar-refractivity contribution in [3.05, 3.63) is 0 Å². The molecule has 2 aliphatic rings. The van der Waals surface area contributed by atoms with Gasteiger partial charge in [-0.25, -0.2) is 0 Å². The molecule has 19 heavy (non-hydrogen) atoms. The Morgan fingerprint density at radius 2 is 1.95 bits per heavy atom. The standard InChI is InChI=1S/C12H19N3O4/c1-12(2)11(18)15(9(16)7-13-12)8-10(17)14-3-5-19-6-4-14/h13H,3-8H2,1-2H3. The minimum Gasteiger partial charge on any atom is -0.378 e. The molecule has 0 aromatic carbocycles. The van der Waals surface area contributed by atoms with Crippen LogP contribution < -0.4 is 5.32 Å². The summed E-state index contributed by atoms with van der Waals surface area (Å²) in [5, 5.41) is 2.86. The summed E-state index contributed by atoms with van der Waals surface area (Å²) < 4.78 is 5.16. The van der Waals surface area contributed by atoms with Crippen molar-refractivity contribution in [2.24, 2.45) is 0 Å². The average Bonchev–Trinajstić information content (AvgIpc) is 2.40. The number of carbonyl (C=O) groups is 3. The second-order valence-electron chi connectivity index (χ2n) is 5.26. The van der Waals surface area contributed by atoms with E-state index in [1.165, 1.54) is 0 Å². The van der Waals surface area contributed by atoms with Crippen LogP contribution in [0.3, 0.4) is 0 Å². The third-order valence-electron chi connectivity index (χ3n) is 3.42. The Balaban J connectivity index is 2.01. The third kappa shape index (κ3) is 2.93. The van der Waals surface area contributed by atoms with Crippen LogP contribution in [0.4, 0.5) is 0 Å². The van der Waals surface area contributed by atoms with E-state index in [1.807, 2.05) is 0 Å². The van der Waals surface area contributed by atoms with Crippen molar-refractivity contribution in [3.8, 4) is 0 Å². The van der Waals surface area contributed by atoms with Gasteiger partial charge >= 0.3 is 0 Å². The van der Waals surface area contributed by atoms with Crippen LogP contribution in [0.25, 0.3) is 0 Å². The molecule has 0 aliphatic carbocycles. The van der Waals surface area contributed by atoms with E-state index in [0.29, 0.717) is 26.3 Å². The van der Waals surface area contributed by atoms with Crippen LogP contribution in [0, 0.1) is 0 Å². The van der Waals surface area contributed by atoms with Crippen molar-refractivity contribution in [1.29, 1.82) is 0 Å². The fourth-order valence-corrected chi connectivity index (χ4v) is 2.13. The fraction of sp³-hybridized carbons (Fsp3) is 0.750. The molecule has 0 aromatic rings. The Morgan fingerprint density at radius 1 is 1.32 bits per heavy atom. The maximum absolute atomic E-state index is 12.1. The molecule has 2 aliphatic heterocycles. The van der Waals surface area contributed by atoms with E-state index in [-0.39, 0.29) is 30.8 Å². The molecule has 0 bridgehead atoms. The maximum atomic E-state index is 12.1. The van der Waals surface area contributed by atoms with Gasteiger partial charge in [0.2, 0.25) is 17.7 Å². The smallest absolute Gasteiger partial charge is 0.249 e. The first-order valence-corrected chi connectivity index (χ1v) is 6.37. The summed E-state index contributed by atoms with van der Waals surface area (Å²) in [6.07, 6.45) is 0. The first-order valence-electron chi connectivity index (χ1n) is 6.37. The Kier molecular flexibility index (Phi) is 3.86. The van der Waals surface area contributed by atoms with Gasteiger partial charge in [0.05, 0.1) is 25.3 Å². The molecule has 2 rings (SSSR count). The summed E-state index contributed by atoms with van der Waals surface area (Å²) in [6.45, 7) is 5.33. The van der Waals surface area contributed by atoms with Crippen LogP contribution in [0.15, 0.2) is 0 Å². The first-order chi connectivity index (χ1) is 8.92. The molecule has 2 fully saturated rings. The number of rotatable bonds is 2. The van der Waals surface area contributed by atoms with Gasteiger partial charge in [-0.05, 0) is 13.8 Å². The Labute approximate surface area is 111 Å². The minimum atomic E-state index is -0.806. The molecule has 1 N–H and O–H groups in total. The van der Waals surface area contributed by atoms with Crippen molar-refractivity contribution in [3.63, 3.8) is 0 Å². The van der Waals surface area contributed by atoms with E-state index < -0.39 is 5.54 Å². The SMILES string of the molecule is CC1(C)NCC(=O)N(CC(=O)N2CCOCC2)C1=O. The molecule has 0 unspecified atom stereocenters. The lowest BCUT2D eigenvalue weighted by Crippen LogP contribution is -2.65. The lowest BCUT2D eigenvalue weighted by molar-refractivity contribution is -0.157. The number of nitrogens with one attached hydrogen (secondary N) is 1. The summed E-state index contributed by atoms with van der Waals surface area (Å²) >= 11 is 0. The number of hydrogen-bond donors (Lipinski definition) is 1. The van der Waals surface area contributed by atoms with Crippen molar-refractivity contribution < 1.29 is 19.1 Å². The van der Waals surface area contributed by atoms with Gasteiger partial charge in [-0.2, -0.15) is 0 Å². The highest BCUT2D eigenvalue weighted by Crippen LogP contribution is 2.13. The molecule has 7 nitrogen and oxygen atoms in total. The highest BCUT2D eigenvalue weighted by Gasteiger charge is 2.41. The summed E-state index contributed by atoms with van der Waals surface area (Å²) in [5.74, 6) is -0.918. The maximum Gasteiger partial charge on any atom is 0.249 e. The number of imide groups is 1. The van der Waals surface area contributed by atoms with E-state index >= 15 is 0 Å². The largest absolute Gasteiger partial charge is 0.378 e. The van der Waals surface area contributed by atoms with E-state index in [0.717, 1.165) is 4.90 Å². The number of morpholine rings is 1. The van der Waals surface area contributed by atoms with Gasteiger partial charge < -0.3 is 9.64 Å². The molecule has 7 heteroatoms. The highest BCUT2D eigenvalue weighted by atomic mass is 16.5. The van der Waals surface area contributed by atoms with Gasteiger partial charge in [0.15, 0.2) is 0 Å². The second kappa shape index (κ2) is 5.26. The van der Waals surface area contributed by atoms with Gasteiger partial charge in [0.25, 0.3) is 0 Å². The monoisotopic (exact) mass is 269 g/mol. The first kappa shape index (κ1) is 14.0. The lowest BCUT2D eigenvalue weighted by Gasteiger charge is -2.37. The van der Waals surface area contributed by atoms with E-state index in [4.69, 9.17) is 4.74 Å². The zero-order valence-corrected chi connectivity index (χ0v) is 11.3. The van der Waals surface area contributed by atoms with E-state index in [1.54, 1.807) is 18.7 Å². The predicted octanol–water partition coefficient (Wildman–Crippen LogP) is -1.42. The Bertz CT molecular complexity index is 402. The van der Waals surface area contributed by atoms with E-state index in [9.17, 15) is 14.4 Å². The van der Waals surface area contributed by atoms with Crippen molar-refractivity contribution in [2.45, 2.75) is 19.4 Å². The minimum absolute atomic E-state index is 0.0785. The number of carbonyl (C=O) groups excluding carboxylic acids is 3. The zero-order chi connectivity index (χ0) is 14.0. The number of nitrogens with zero attached hydrogens (tertiary/aromatic N) is 2. The molecule has 2 saturated heterocycles. The van der Waals surface area contributed by atoms with Crippen LogP contribution in [0.5, 0.6) is 0 Å². The van der Waals surface area contributed by atoms with Crippen LogP contribution in [0.2, 0.25) is 0 Å². The molecule has 106 valence electrons. The van der Waals surface area contributed by atoms with Gasteiger partial charge in [-0.3, -0.25) is 24.6 Å². The normalized spacial score (nSPS) is 23.7. The summed E-state index contributed by atoms with van der Waals surface area (Å²) in [4.78, 5) is 38.6. The lowest BCUT2D eigenvalue weighted by atomic mass is 10.0. The molecule has 0 spiro atoms. The van der Waals surface area contributed by atoms with Crippen LogP contribution in [0.1, 0.15) is 13.8 Å². The van der Waals surface area contributed by atoms with Crippen LogP contribution in [-0.2, 0) is 19.1 Å². The highest BCUT2D eigenvalue weighted by molar-refractivity contribution is 6.05.